The van der Waals surface area contributed by atoms with Crippen molar-refractivity contribution in [2.24, 2.45) is 0 Å². The van der Waals surface area contributed by atoms with Gasteiger partial charge >= 0.3 is 0 Å². The molecule has 1 aliphatic carbocycles. The second-order valence-electron chi connectivity index (χ2n) is 7.47. The summed E-state index contributed by atoms with van der Waals surface area (Å²) in [5, 5.41) is 11.7. The van der Waals surface area contributed by atoms with Crippen LogP contribution in [0.3, 0.4) is 0 Å². The fourth-order valence-electron chi connectivity index (χ4n) is 3.81. The van der Waals surface area contributed by atoms with Gasteiger partial charge in [0.1, 0.15) is 0 Å². The molecule has 0 aromatic heterocycles. The van der Waals surface area contributed by atoms with Gasteiger partial charge in [-0.3, -0.25) is 4.79 Å². The molecule has 0 heterocycles. The highest BCUT2D eigenvalue weighted by Gasteiger charge is 2.53. The van der Waals surface area contributed by atoms with Crippen LogP contribution >= 0.6 is 0 Å². The lowest BCUT2D eigenvalue weighted by Crippen LogP contribution is -2.50. The number of amides is 1. The van der Waals surface area contributed by atoms with Crippen LogP contribution in [0.2, 0.25) is 0 Å². The van der Waals surface area contributed by atoms with Gasteiger partial charge in [0, 0.05) is 6.54 Å². The molecule has 2 aromatic rings. The summed E-state index contributed by atoms with van der Waals surface area (Å²) in [4.78, 5) is 13.4. The Labute approximate surface area is 166 Å². The van der Waals surface area contributed by atoms with Crippen LogP contribution < -0.4 is 5.32 Å². The lowest BCUT2D eigenvalue weighted by molar-refractivity contribution is -0.123. The van der Waals surface area contributed by atoms with E-state index in [-0.39, 0.29) is 11.4 Å². The van der Waals surface area contributed by atoms with Gasteiger partial charge < -0.3 is 5.32 Å². The summed E-state index contributed by atoms with van der Waals surface area (Å²) in [6.07, 6.45) is 2.10. The van der Waals surface area contributed by atoms with Crippen molar-refractivity contribution in [3.63, 3.8) is 0 Å². The van der Waals surface area contributed by atoms with Crippen molar-refractivity contribution in [3.05, 3.63) is 64.7 Å². The Morgan fingerprint density at radius 3 is 2.36 bits per heavy atom. The number of hydrogen-bond donors (Lipinski definition) is 1. The quantitative estimate of drug-likeness (QED) is 0.837. The maximum atomic E-state index is 13.6. The molecule has 1 aliphatic rings. The first-order valence-electron chi connectivity index (χ1n) is 9.39. The topological polar surface area (TPSA) is 87.0 Å². The van der Waals surface area contributed by atoms with Gasteiger partial charge in [-0.2, -0.15) is 5.26 Å². The van der Waals surface area contributed by atoms with Crippen molar-refractivity contribution < 1.29 is 13.2 Å². The number of carbonyl (C=O) groups excluding carboxylic acids is 1. The molecular weight excluding hydrogens is 372 g/mol. The maximum Gasteiger partial charge on any atom is 0.242 e. The molecule has 0 atom stereocenters. The van der Waals surface area contributed by atoms with E-state index in [9.17, 15) is 13.2 Å². The molecular formula is C22H24N2O3S. The first-order valence-corrected chi connectivity index (χ1v) is 10.9. The molecule has 1 fully saturated rings. The predicted octanol–water partition coefficient (Wildman–Crippen LogP) is 3.58. The van der Waals surface area contributed by atoms with Crippen LogP contribution in [0, 0.1) is 25.2 Å². The minimum Gasteiger partial charge on any atom is -0.351 e. The zero-order valence-electron chi connectivity index (χ0n) is 16.2. The van der Waals surface area contributed by atoms with Crippen LogP contribution in [0.4, 0.5) is 0 Å². The zero-order chi connectivity index (χ0) is 20.4. The standard InChI is InChI=1S/C22H24N2O3S/c1-16-5-6-17(2)20(13-16)28(26,27)22(11-3-4-12-22)21(25)24-15-19-9-7-18(14-23)8-10-19/h5-10,13H,3-4,11-12,15H2,1-2H3,(H,24,25). The number of hydrogen-bond acceptors (Lipinski definition) is 4. The second kappa shape index (κ2) is 7.76. The summed E-state index contributed by atoms with van der Waals surface area (Å²) in [7, 11) is -3.82. The second-order valence-corrected chi connectivity index (χ2v) is 9.69. The summed E-state index contributed by atoms with van der Waals surface area (Å²) in [5.41, 5.74) is 2.89. The molecule has 0 radical (unpaired) electrons. The molecule has 0 aliphatic heterocycles. The smallest absolute Gasteiger partial charge is 0.242 e. The van der Waals surface area contributed by atoms with Crippen LogP contribution in [0.15, 0.2) is 47.4 Å². The number of sulfone groups is 1. The molecule has 0 unspecified atom stereocenters. The van der Waals surface area contributed by atoms with Crippen molar-refractivity contribution in [3.8, 4) is 6.07 Å². The fraction of sp³-hybridized carbons (Fsp3) is 0.364. The van der Waals surface area contributed by atoms with Crippen molar-refractivity contribution in [2.75, 3.05) is 0 Å². The van der Waals surface area contributed by atoms with Crippen molar-refractivity contribution in [1.29, 1.82) is 5.26 Å². The summed E-state index contributed by atoms with van der Waals surface area (Å²) >= 11 is 0. The molecule has 1 amide bonds. The molecule has 3 rings (SSSR count). The van der Waals surface area contributed by atoms with Gasteiger partial charge in [0.25, 0.3) is 0 Å². The average Bonchev–Trinajstić information content (AvgIpc) is 3.20. The lowest BCUT2D eigenvalue weighted by Gasteiger charge is -2.28. The number of rotatable bonds is 5. The Morgan fingerprint density at radius 1 is 1.11 bits per heavy atom. The van der Waals surface area contributed by atoms with E-state index in [1.54, 1.807) is 43.3 Å². The number of nitriles is 1. The Bertz CT molecular complexity index is 1030. The first-order chi connectivity index (χ1) is 13.3. The number of carbonyl (C=O) groups is 1. The predicted molar refractivity (Wildman–Crippen MR) is 107 cm³/mol. The third-order valence-corrected chi connectivity index (χ3v) is 8.15. The molecule has 5 nitrogen and oxygen atoms in total. The number of aryl methyl sites for hydroxylation is 2. The molecule has 0 spiro atoms. The monoisotopic (exact) mass is 396 g/mol. The summed E-state index contributed by atoms with van der Waals surface area (Å²) < 4.78 is 25.7. The van der Waals surface area contributed by atoms with E-state index in [2.05, 4.69) is 11.4 Å². The first kappa shape index (κ1) is 20.1. The SMILES string of the molecule is Cc1ccc(C)c(S(=O)(=O)C2(C(=O)NCc3ccc(C#N)cc3)CCCC2)c1. The van der Waals surface area contributed by atoms with Crippen molar-refractivity contribution in [2.45, 2.75) is 55.7 Å². The number of nitrogens with zero attached hydrogens (tertiary/aromatic N) is 1. The largest absolute Gasteiger partial charge is 0.351 e. The van der Waals surface area contributed by atoms with E-state index in [4.69, 9.17) is 5.26 Å². The van der Waals surface area contributed by atoms with E-state index in [0.717, 1.165) is 11.1 Å². The van der Waals surface area contributed by atoms with Gasteiger partial charge in [-0.05, 0) is 61.6 Å². The minimum absolute atomic E-state index is 0.231. The summed E-state index contributed by atoms with van der Waals surface area (Å²) in [5.74, 6) is -0.435. The van der Waals surface area contributed by atoms with E-state index < -0.39 is 20.5 Å². The van der Waals surface area contributed by atoms with Crippen molar-refractivity contribution >= 4 is 15.7 Å². The fourth-order valence-corrected chi connectivity index (χ4v) is 6.21. The summed E-state index contributed by atoms with van der Waals surface area (Å²) in [6.45, 7) is 3.85. The van der Waals surface area contributed by atoms with Crippen LogP contribution in [0.25, 0.3) is 0 Å². The lowest BCUT2D eigenvalue weighted by atomic mass is 10.1. The van der Waals surface area contributed by atoms with Gasteiger partial charge in [0.2, 0.25) is 5.91 Å². The Balaban J connectivity index is 1.89. The maximum absolute atomic E-state index is 13.6. The van der Waals surface area contributed by atoms with Crippen LogP contribution in [0.5, 0.6) is 0 Å². The number of benzene rings is 2. The Hall–Kier alpha value is -2.65. The van der Waals surface area contributed by atoms with Gasteiger partial charge in [-0.1, -0.05) is 37.1 Å². The van der Waals surface area contributed by atoms with Crippen LogP contribution in [-0.4, -0.2) is 19.1 Å². The minimum atomic E-state index is -3.82. The zero-order valence-corrected chi connectivity index (χ0v) is 17.0. The molecule has 146 valence electrons. The molecule has 6 heteroatoms. The average molecular weight is 397 g/mol. The molecule has 28 heavy (non-hydrogen) atoms. The Kier molecular flexibility index (Phi) is 5.57. The third-order valence-electron chi connectivity index (χ3n) is 5.51. The Morgan fingerprint density at radius 2 is 1.75 bits per heavy atom. The van der Waals surface area contributed by atoms with E-state index >= 15 is 0 Å². The summed E-state index contributed by atoms with van der Waals surface area (Å²) in [6, 6.07) is 14.3. The van der Waals surface area contributed by atoms with E-state index in [1.165, 1.54) is 0 Å². The van der Waals surface area contributed by atoms with E-state index in [0.29, 0.717) is 36.8 Å². The van der Waals surface area contributed by atoms with Gasteiger partial charge in [0.15, 0.2) is 14.6 Å². The van der Waals surface area contributed by atoms with Crippen molar-refractivity contribution in [1.82, 2.24) is 5.32 Å². The molecule has 0 saturated heterocycles. The molecule has 1 N–H and O–H groups in total. The van der Waals surface area contributed by atoms with Crippen LogP contribution in [-0.2, 0) is 21.2 Å². The molecule has 1 saturated carbocycles. The highest BCUT2D eigenvalue weighted by atomic mass is 32.2. The van der Waals surface area contributed by atoms with Gasteiger partial charge in [-0.15, -0.1) is 0 Å². The van der Waals surface area contributed by atoms with E-state index in [1.807, 2.05) is 13.0 Å². The third kappa shape index (κ3) is 3.55. The number of nitrogens with one attached hydrogen (secondary N) is 1. The molecule has 2 aromatic carbocycles. The van der Waals surface area contributed by atoms with Gasteiger partial charge in [0.05, 0.1) is 16.5 Å². The van der Waals surface area contributed by atoms with Crippen LogP contribution in [0.1, 0.15) is 47.9 Å². The normalized spacial score (nSPS) is 15.8. The molecule has 0 bridgehead atoms. The highest BCUT2D eigenvalue weighted by Crippen LogP contribution is 2.41. The highest BCUT2D eigenvalue weighted by molar-refractivity contribution is 7.93. The van der Waals surface area contributed by atoms with Gasteiger partial charge in [-0.25, -0.2) is 8.42 Å².